The standard InChI is InChI=1S/C16H24FNO/c1-12(18-11-13-6-4-3-5-7-13)14-8-9-15(17)16(10-14)19-2/h8-10,12-13,18H,3-7,11H2,1-2H3. The van der Waals surface area contributed by atoms with Gasteiger partial charge >= 0.3 is 0 Å². The number of benzene rings is 1. The fourth-order valence-corrected chi connectivity index (χ4v) is 2.80. The van der Waals surface area contributed by atoms with Crippen molar-refractivity contribution < 1.29 is 9.13 Å². The second-order valence-electron chi connectivity index (χ2n) is 5.53. The summed E-state index contributed by atoms with van der Waals surface area (Å²) >= 11 is 0. The van der Waals surface area contributed by atoms with E-state index in [1.54, 1.807) is 6.07 Å². The van der Waals surface area contributed by atoms with Crippen LogP contribution in [-0.4, -0.2) is 13.7 Å². The maximum atomic E-state index is 13.4. The highest BCUT2D eigenvalue weighted by Gasteiger charge is 2.15. The monoisotopic (exact) mass is 265 g/mol. The van der Waals surface area contributed by atoms with Gasteiger partial charge in [0.2, 0.25) is 0 Å². The van der Waals surface area contributed by atoms with Gasteiger partial charge in [0.15, 0.2) is 11.6 Å². The molecule has 1 saturated carbocycles. The van der Waals surface area contributed by atoms with Gasteiger partial charge in [0.25, 0.3) is 0 Å². The van der Waals surface area contributed by atoms with Gasteiger partial charge in [0.05, 0.1) is 7.11 Å². The highest BCUT2D eigenvalue weighted by Crippen LogP contribution is 2.25. The van der Waals surface area contributed by atoms with Crippen LogP contribution in [0.3, 0.4) is 0 Å². The number of halogens is 1. The summed E-state index contributed by atoms with van der Waals surface area (Å²) in [4.78, 5) is 0. The molecular weight excluding hydrogens is 241 g/mol. The van der Waals surface area contributed by atoms with E-state index < -0.39 is 0 Å². The Morgan fingerprint density at radius 1 is 1.32 bits per heavy atom. The molecule has 3 heteroatoms. The average molecular weight is 265 g/mol. The van der Waals surface area contributed by atoms with Crippen LogP contribution < -0.4 is 10.1 Å². The topological polar surface area (TPSA) is 21.3 Å². The molecule has 1 aliphatic rings. The van der Waals surface area contributed by atoms with Crippen molar-refractivity contribution in [2.45, 2.75) is 45.1 Å². The van der Waals surface area contributed by atoms with E-state index in [4.69, 9.17) is 4.74 Å². The average Bonchev–Trinajstić information content (AvgIpc) is 2.46. The molecule has 0 saturated heterocycles. The van der Waals surface area contributed by atoms with Crippen molar-refractivity contribution in [1.29, 1.82) is 0 Å². The molecule has 1 aromatic rings. The van der Waals surface area contributed by atoms with Crippen LogP contribution in [-0.2, 0) is 0 Å². The van der Waals surface area contributed by atoms with Gasteiger partial charge < -0.3 is 10.1 Å². The molecule has 1 fully saturated rings. The Labute approximate surface area is 115 Å². The fourth-order valence-electron chi connectivity index (χ4n) is 2.80. The second kappa shape index (κ2) is 6.90. The van der Waals surface area contributed by atoms with E-state index in [2.05, 4.69) is 12.2 Å². The molecule has 1 atom stereocenters. The zero-order valence-electron chi connectivity index (χ0n) is 11.9. The molecule has 2 rings (SSSR count). The maximum Gasteiger partial charge on any atom is 0.165 e. The predicted octanol–water partition coefficient (Wildman–Crippen LogP) is 4.07. The fraction of sp³-hybridized carbons (Fsp3) is 0.625. The third-order valence-corrected chi connectivity index (χ3v) is 4.11. The van der Waals surface area contributed by atoms with Crippen LogP contribution in [0.1, 0.15) is 50.6 Å². The van der Waals surface area contributed by atoms with Crippen molar-refractivity contribution in [2.24, 2.45) is 5.92 Å². The molecular formula is C16H24FNO. The van der Waals surface area contributed by atoms with Crippen LogP contribution in [0.2, 0.25) is 0 Å². The summed E-state index contributed by atoms with van der Waals surface area (Å²) in [7, 11) is 1.50. The lowest BCUT2D eigenvalue weighted by Gasteiger charge is -2.24. The van der Waals surface area contributed by atoms with Gasteiger partial charge in [-0.3, -0.25) is 0 Å². The van der Waals surface area contributed by atoms with Crippen molar-refractivity contribution in [1.82, 2.24) is 5.32 Å². The number of nitrogens with one attached hydrogen (secondary N) is 1. The van der Waals surface area contributed by atoms with Gasteiger partial charge in [-0.05, 0) is 49.9 Å². The van der Waals surface area contributed by atoms with Crippen LogP contribution in [0.5, 0.6) is 5.75 Å². The minimum atomic E-state index is -0.300. The van der Waals surface area contributed by atoms with E-state index in [0.717, 1.165) is 18.0 Å². The number of hydrogen-bond acceptors (Lipinski definition) is 2. The molecule has 0 aromatic heterocycles. The van der Waals surface area contributed by atoms with E-state index in [9.17, 15) is 4.39 Å². The summed E-state index contributed by atoms with van der Waals surface area (Å²) in [5.74, 6) is 0.827. The highest BCUT2D eigenvalue weighted by atomic mass is 19.1. The van der Waals surface area contributed by atoms with Crippen LogP contribution in [0.25, 0.3) is 0 Å². The first kappa shape index (κ1) is 14.3. The SMILES string of the molecule is COc1cc(C(C)NCC2CCCCC2)ccc1F. The van der Waals surface area contributed by atoms with E-state index in [-0.39, 0.29) is 11.9 Å². The number of rotatable bonds is 5. The Bertz CT molecular complexity index is 402. The summed E-state index contributed by atoms with van der Waals surface area (Å²) in [6, 6.07) is 5.33. The van der Waals surface area contributed by atoms with Crippen molar-refractivity contribution in [3.8, 4) is 5.75 Å². The molecule has 0 radical (unpaired) electrons. The van der Waals surface area contributed by atoms with Gasteiger partial charge in [-0.25, -0.2) is 4.39 Å². The van der Waals surface area contributed by atoms with E-state index >= 15 is 0 Å². The summed E-state index contributed by atoms with van der Waals surface area (Å²) in [5, 5.41) is 3.56. The number of hydrogen-bond donors (Lipinski definition) is 1. The zero-order chi connectivity index (χ0) is 13.7. The minimum Gasteiger partial charge on any atom is -0.494 e. The largest absolute Gasteiger partial charge is 0.494 e. The Kier molecular flexibility index (Phi) is 5.20. The lowest BCUT2D eigenvalue weighted by molar-refractivity contribution is 0.331. The van der Waals surface area contributed by atoms with Crippen molar-refractivity contribution >= 4 is 0 Å². The lowest BCUT2D eigenvalue weighted by atomic mass is 9.89. The molecule has 1 N–H and O–H groups in total. The van der Waals surface area contributed by atoms with Crippen molar-refractivity contribution in [2.75, 3.05) is 13.7 Å². The van der Waals surface area contributed by atoms with Crippen molar-refractivity contribution in [3.05, 3.63) is 29.6 Å². The Balaban J connectivity index is 1.89. The Morgan fingerprint density at radius 2 is 2.05 bits per heavy atom. The maximum absolute atomic E-state index is 13.4. The normalized spacial score (nSPS) is 18.3. The first-order valence-electron chi connectivity index (χ1n) is 7.27. The summed E-state index contributed by atoms with van der Waals surface area (Å²) in [6.45, 7) is 3.18. The van der Waals surface area contributed by atoms with Gasteiger partial charge in [-0.15, -0.1) is 0 Å². The van der Waals surface area contributed by atoms with E-state index in [0.29, 0.717) is 5.75 Å². The first-order valence-corrected chi connectivity index (χ1v) is 7.27. The molecule has 0 heterocycles. The van der Waals surface area contributed by atoms with Gasteiger partial charge in [-0.1, -0.05) is 25.3 Å². The molecule has 19 heavy (non-hydrogen) atoms. The summed E-state index contributed by atoms with van der Waals surface area (Å²) < 4.78 is 18.4. The second-order valence-corrected chi connectivity index (χ2v) is 5.53. The van der Waals surface area contributed by atoms with E-state index in [1.165, 1.54) is 45.3 Å². The quantitative estimate of drug-likeness (QED) is 0.866. The van der Waals surface area contributed by atoms with Crippen LogP contribution in [0.15, 0.2) is 18.2 Å². The molecule has 1 aromatic carbocycles. The third-order valence-electron chi connectivity index (χ3n) is 4.11. The molecule has 0 amide bonds. The van der Waals surface area contributed by atoms with Crippen LogP contribution >= 0.6 is 0 Å². The van der Waals surface area contributed by atoms with Crippen LogP contribution in [0, 0.1) is 11.7 Å². The predicted molar refractivity (Wildman–Crippen MR) is 75.9 cm³/mol. The Morgan fingerprint density at radius 3 is 2.74 bits per heavy atom. The molecule has 1 unspecified atom stereocenters. The molecule has 2 nitrogen and oxygen atoms in total. The van der Waals surface area contributed by atoms with Gasteiger partial charge in [-0.2, -0.15) is 0 Å². The summed E-state index contributed by atoms with van der Waals surface area (Å²) in [5.41, 5.74) is 1.08. The summed E-state index contributed by atoms with van der Waals surface area (Å²) in [6.07, 6.45) is 6.80. The lowest BCUT2D eigenvalue weighted by Crippen LogP contribution is -2.27. The minimum absolute atomic E-state index is 0.233. The smallest absolute Gasteiger partial charge is 0.165 e. The highest BCUT2D eigenvalue weighted by molar-refractivity contribution is 5.31. The van der Waals surface area contributed by atoms with E-state index in [1.807, 2.05) is 6.07 Å². The third kappa shape index (κ3) is 3.93. The molecule has 1 aliphatic carbocycles. The van der Waals surface area contributed by atoms with Crippen LogP contribution in [0.4, 0.5) is 4.39 Å². The van der Waals surface area contributed by atoms with Gasteiger partial charge in [0.1, 0.15) is 0 Å². The van der Waals surface area contributed by atoms with Gasteiger partial charge in [0, 0.05) is 6.04 Å². The number of methoxy groups -OCH3 is 1. The molecule has 0 bridgehead atoms. The molecule has 0 spiro atoms. The molecule has 0 aliphatic heterocycles. The molecule has 106 valence electrons. The first-order chi connectivity index (χ1) is 9.20. The number of ether oxygens (including phenoxy) is 1. The zero-order valence-corrected chi connectivity index (χ0v) is 11.9. The Hall–Kier alpha value is -1.09. The van der Waals surface area contributed by atoms with Crippen molar-refractivity contribution in [3.63, 3.8) is 0 Å².